The molecule has 0 spiro atoms. The second-order valence-corrected chi connectivity index (χ2v) is 7.75. The normalized spacial score (nSPS) is 19.0. The van der Waals surface area contributed by atoms with Crippen LogP contribution in [0.5, 0.6) is 5.75 Å². The lowest BCUT2D eigenvalue weighted by Gasteiger charge is -2.32. The summed E-state index contributed by atoms with van der Waals surface area (Å²) in [5.74, 6) is 0.359. The number of hydrogen-bond acceptors (Lipinski definition) is 4. The maximum absolute atomic E-state index is 12.8. The molecule has 5 nitrogen and oxygen atoms in total. The van der Waals surface area contributed by atoms with Crippen molar-refractivity contribution in [1.29, 1.82) is 0 Å². The maximum atomic E-state index is 12.8. The molecule has 1 atom stereocenters. The number of piperidine rings is 1. The van der Waals surface area contributed by atoms with Crippen molar-refractivity contribution in [2.45, 2.75) is 31.8 Å². The standard InChI is InChI=1S/C15H23FN2O3S/c1-12(11-21-15-5-3-13(16)4-6-15)17-14-7-9-18(10-8-14)22(2,19)20/h3-6,12,14,17H,7-11H2,1-2H3/t12-/m1/s1. The second-order valence-electron chi connectivity index (χ2n) is 5.77. The summed E-state index contributed by atoms with van der Waals surface area (Å²) in [6.45, 7) is 3.62. The number of nitrogens with one attached hydrogen (secondary N) is 1. The Labute approximate surface area is 131 Å². The summed E-state index contributed by atoms with van der Waals surface area (Å²) in [6, 6.07) is 6.38. The average molecular weight is 330 g/mol. The lowest BCUT2D eigenvalue weighted by molar-refractivity contribution is 0.229. The lowest BCUT2D eigenvalue weighted by Crippen LogP contribution is -2.48. The number of nitrogens with zero attached hydrogens (tertiary/aromatic N) is 1. The van der Waals surface area contributed by atoms with Gasteiger partial charge in [-0.3, -0.25) is 0 Å². The smallest absolute Gasteiger partial charge is 0.211 e. The molecule has 0 saturated carbocycles. The van der Waals surface area contributed by atoms with Crippen LogP contribution in [0.3, 0.4) is 0 Å². The third kappa shape index (κ3) is 5.23. The van der Waals surface area contributed by atoms with Gasteiger partial charge in [0.25, 0.3) is 0 Å². The van der Waals surface area contributed by atoms with Crippen molar-refractivity contribution in [3.8, 4) is 5.75 Å². The van der Waals surface area contributed by atoms with Gasteiger partial charge in [0.2, 0.25) is 10.0 Å². The van der Waals surface area contributed by atoms with Crippen molar-refractivity contribution in [3.63, 3.8) is 0 Å². The van der Waals surface area contributed by atoms with Crippen molar-refractivity contribution in [3.05, 3.63) is 30.1 Å². The minimum absolute atomic E-state index is 0.139. The van der Waals surface area contributed by atoms with Crippen molar-refractivity contribution in [2.24, 2.45) is 0 Å². The van der Waals surface area contributed by atoms with Crippen molar-refractivity contribution in [1.82, 2.24) is 9.62 Å². The molecule has 1 saturated heterocycles. The molecule has 1 fully saturated rings. The van der Waals surface area contributed by atoms with E-state index in [9.17, 15) is 12.8 Å². The largest absolute Gasteiger partial charge is 0.492 e. The van der Waals surface area contributed by atoms with Gasteiger partial charge in [0.1, 0.15) is 18.2 Å². The number of rotatable bonds is 6. The minimum Gasteiger partial charge on any atom is -0.492 e. The highest BCUT2D eigenvalue weighted by Gasteiger charge is 2.25. The molecule has 7 heteroatoms. The molecule has 2 rings (SSSR count). The molecule has 1 N–H and O–H groups in total. The van der Waals surface area contributed by atoms with Crippen LogP contribution >= 0.6 is 0 Å². The van der Waals surface area contributed by atoms with E-state index in [1.165, 1.54) is 22.7 Å². The van der Waals surface area contributed by atoms with Gasteiger partial charge >= 0.3 is 0 Å². The van der Waals surface area contributed by atoms with Crippen molar-refractivity contribution < 1.29 is 17.5 Å². The van der Waals surface area contributed by atoms with E-state index in [4.69, 9.17) is 4.74 Å². The number of halogens is 1. The predicted octanol–water partition coefficient (Wildman–Crippen LogP) is 1.61. The van der Waals surface area contributed by atoms with E-state index in [0.717, 1.165) is 12.8 Å². The highest BCUT2D eigenvalue weighted by atomic mass is 32.2. The molecule has 0 bridgehead atoms. The maximum Gasteiger partial charge on any atom is 0.211 e. The van der Waals surface area contributed by atoms with E-state index in [1.807, 2.05) is 6.92 Å². The minimum atomic E-state index is -3.08. The van der Waals surface area contributed by atoms with Gasteiger partial charge in [-0.2, -0.15) is 0 Å². The quantitative estimate of drug-likeness (QED) is 0.861. The second kappa shape index (κ2) is 7.39. The summed E-state index contributed by atoms with van der Waals surface area (Å²) in [5.41, 5.74) is 0. The Kier molecular flexibility index (Phi) is 5.77. The molecule has 0 radical (unpaired) electrons. The monoisotopic (exact) mass is 330 g/mol. The fraction of sp³-hybridized carbons (Fsp3) is 0.600. The highest BCUT2D eigenvalue weighted by Crippen LogP contribution is 2.15. The van der Waals surface area contributed by atoms with Crippen LogP contribution < -0.4 is 10.1 Å². The zero-order valence-corrected chi connectivity index (χ0v) is 13.8. The molecule has 22 heavy (non-hydrogen) atoms. The van der Waals surface area contributed by atoms with Gasteiger partial charge in [-0.25, -0.2) is 17.1 Å². The Bertz CT molecular complexity index is 569. The summed E-state index contributed by atoms with van der Waals surface area (Å²) < 4.78 is 42.8. The van der Waals surface area contributed by atoms with Crippen LogP contribution in [0.15, 0.2) is 24.3 Å². The first-order chi connectivity index (χ1) is 10.3. The lowest BCUT2D eigenvalue weighted by atomic mass is 10.1. The van der Waals surface area contributed by atoms with Crippen LogP contribution in [0.25, 0.3) is 0 Å². The molecule has 1 heterocycles. The van der Waals surface area contributed by atoms with Crippen molar-refractivity contribution in [2.75, 3.05) is 26.0 Å². The molecule has 1 aliphatic rings. The first-order valence-electron chi connectivity index (χ1n) is 7.44. The third-order valence-corrected chi connectivity index (χ3v) is 5.06. The van der Waals surface area contributed by atoms with Gasteiger partial charge in [0, 0.05) is 25.2 Å². The van der Waals surface area contributed by atoms with Crippen LogP contribution in [0, 0.1) is 5.82 Å². The van der Waals surface area contributed by atoms with E-state index < -0.39 is 10.0 Å². The van der Waals surface area contributed by atoms with Gasteiger partial charge < -0.3 is 10.1 Å². The molecular weight excluding hydrogens is 307 g/mol. The molecular formula is C15H23FN2O3S. The fourth-order valence-corrected chi connectivity index (χ4v) is 3.43. The number of sulfonamides is 1. The molecule has 1 aliphatic heterocycles. The summed E-state index contributed by atoms with van der Waals surface area (Å²) in [7, 11) is -3.08. The van der Waals surface area contributed by atoms with Gasteiger partial charge in [-0.05, 0) is 44.0 Å². The number of hydrogen-bond donors (Lipinski definition) is 1. The first-order valence-corrected chi connectivity index (χ1v) is 9.29. The molecule has 1 aromatic carbocycles. The van der Waals surface area contributed by atoms with E-state index in [2.05, 4.69) is 5.32 Å². The van der Waals surface area contributed by atoms with Gasteiger partial charge in [0.15, 0.2) is 0 Å². The Balaban J connectivity index is 1.72. The van der Waals surface area contributed by atoms with E-state index >= 15 is 0 Å². The van der Waals surface area contributed by atoms with Crippen LogP contribution in [-0.2, 0) is 10.0 Å². The highest BCUT2D eigenvalue weighted by molar-refractivity contribution is 7.88. The predicted molar refractivity (Wildman–Crippen MR) is 83.9 cm³/mol. The summed E-state index contributed by atoms with van der Waals surface area (Å²) >= 11 is 0. The van der Waals surface area contributed by atoms with E-state index in [-0.39, 0.29) is 11.9 Å². The Morgan fingerprint density at radius 3 is 2.45 bits per heavy atom. The Morgan fingerprint density at radius 1 is 1.32 bits per heavy atom. The average Bonchev–Trinajstić information content (AvgIpc) is 2.46. The van der Waals surface area contributed by atoms with E-state index in [0.29, 0.717) is 31.5 Å². The first kappa shape index (κ1) is 17.2. The SMILES string of the molecule is C[C@H](COc1ccc(F)cc1)NC1CCN(S(C)(=O)=O)CC1. The Morgan fingerprint density at radius 2 is 1.91 bits per heavy atom. The van der Waals surface area contributed by atoms with Crippen LogP contribution in [0.4, 0.5) is 4.39 Å². The van der Waals surface area contributed by atoms with Gasteiger partial charge in [-0.15, -0.1) is 0 Å². The molecule has 0 unspecified atom stereocenters. The third-order valence-electron chi connectivity index (χ3n) is 3.76. The van der Waals surface area contributed by atoms with Crippen LogP contribution in [-0.4, -0.2) is 50.8 Å². The fourth-order valence-electron chi connectivity index (χ4n) is 2.56. The topological polar surface area (TPSA) is 58.6 Å². The zero-order chi connectivity index (χ0) is 16.2. The molecule has 124 valence electrons. The van der Waals surface area contributed by atoms with Gasteiger partial charge in [0.05, 0.1) is 6.26 Å². The van der Waals surface area contributed by atoms with Crippen molar-refractivity contribution >= 4 is 10.0 Å². The van der Waals surface area contributed by atoms with E-state index in [1.54, 1.807) is 12.1 Å². The number of benzene rings is 1. The summed E-state index contributed by atoms with van der Waals surface area (Å²) in [5, 5.41) is 3.45. The Hall–Kier alpha value is -1.18. The van der Waals surface area contributed by atoms with Gasteiger partial charge in [-0.1, -0.05) is 0 Å². The summed E-state index contributed by atoms with van der Waals surface area (Å²) in [6.07, 6.45) is 2.85. The van der Waals surface area contributed by atoms with Crippen LogP contribution in [0.1, 0.15) is 19.8 Å². The molecule has 0 aliphatic carbocycles. The zero-order valence-electron chi connectivity index (χ0n) is 13.0. The number of ether oxygens (including phenoxy) is 1. The molecule has 0 amide bonds. The summed E-state index contributed by atoms with van der Waals surface area (Å²) in [4.78, 5) is 0. The molecule has 1 aromatic rings. The molecule has 0 aromatic heterocycles. The van der Waals surface area contributed by atoms with Crippen LogP contribution in [0.2, 0.25) is 0 Å².